The first-order valence-corrected chi connectivity index (χ1v) is 5.36. The van der Waals surface area contributed by atoms with Gasteiger partial charge in [0.15, 0.2) is 0 Å². The number of ether oxygens (including phenoxy) is 1. The molecular weight excluding hydrogens is 230 g/mol. The summed E-state index contributed by atoms with van der Waals surface area (Å²) < 4.78 is 5.20. The van der Waals surface area contributed by atoms with Crippen molar-refractivity contribution in [1.29, 1.82) is 0 Å². The third-order valence-electron chi connectivity index (χ3n) is 2.26. The topological polar surface area (TPSA) is 63.2 Å². The smallest absolute Gasteiger partial charge is 0.243 e. The van der Waals surface area contributed by atoms with Crippen molar-refractivity contribution < 1.29 is 9.53 Å². The highest BCUT2D eigenvalue weighted by Gasteiger charge is 2.21. The maximum absolute atomic E-state index is 11.8. The van der Waals surface area contributed by atoms with Crippen LogP contribution < -0.4 is 10.6 Å². The van der Waals surface area contributed by atoms with Gasteiger partial charge in [0.25, 0.3) is 0 Å². The lowest BCUT2D eigenvalue weighted by Crippen LogP contribution is -2.48. The Morgan fingerprint density at radius 1 is 1.69 bits per heavy atom. The minimum Gasteiger partial charge on any atom is -0.378 e. The molecule has 1 aliphatic heterocycles. The number of aromatic nitrogens is 1. The van der Waals surface area contributed by atoms with Gasteiger partial charge in [-0.1, -0.05) is 11.6 Å². The van der Waals surface area contributed by atoms with Gasteiger partial charge < -0.3 is 15.4 Å². The lowest BCUT2D eigenvalue weighted by Gasteiger charge is -2.22. The third-order valence-corrected chi connectivity index (χ3v) is 2.59. The number of rotatable bonds is 2. The van der Waals surface area contributed by atoms with Crippen molar-refractivity contribution in [1.82, 2.24) is 10.3 Å². The SMILES string of the molecule is O=C(Nc1cnccc1Cl)C1COCCN1. The normalized spacial score (nSPS) is 20.4. The number of hydrogen-bond donors (Lipinski definition) is 2. The van der Waals surface area contributed by atoms with Crippen LogP contribution in [0.4, 0.5) is 5.69 Å². The molecule has 1 aromatic heterocycles. The van der Waals surface area contributed by atoms with Crippen molar-refractivity contribution in [2.45, 2.75) is 6.04 Å². The van der Waals surface area contributed by atoms with Crippen LogP contribution in [0.2, 0.25) is 5.02 Å². The largest absolute Gasteiger partial charge is 0.378 e. The van der Waals surface area contributed by atoms with E-state index in [1.54, 1.807) is 12.3 Å². The molecule has 86 valence electrons. The van der Waals surface area contributed by atoms with Gasteiger partial charge in [-0.05, 0) is 6.07 Å². The van der Waals surface area contributed by atoms with Crippen LogP contribution in [-0.2, 0) is 9.53 Å². The van der Waals surface area contributed by atoms with Gasteiger partial charge in [0, 0.05) is 12.7 Å². The zero-order valence-corrected chi connectivity index (χ0v) is 9.33. The molecule has 1 amide bonds. The number of hydrogen-bond acceptors (Lipinski definition) is 4. The van der Waals surface area contributed by atoms with Crippen LogP contribution >= 0.6 is 11.6 Å². The molecule has 1 aliphatic rings. The fourth-order valence-electron chi connectivity index (χ4n) is 1.42. The highest BCUT2D eigenvalue weighted by atomic mass is 35.5. The van der Waals surface area contributed by atoms with Crippen molar-refractivity contribution in [2.24, 2.45) is 0 Å². The number of nitrogens with zero attached hydrogens (tertiary/aromatic N) is 1. The molecule has 0 aromatic carbocycles. The molecule has 1 saturated heterocycles. The monoisotopic (exact) mass is 241 g/mol. The molecule has 2 heterocycles. The van der Waals surface area contributed by atoms with E-state index in [0.717, 1.165) is 0 Å². The van der Waals surface area contributed by atoms with Crippen LogP contribution in [0.3, 0.4) is 0 Å². The minimum atomic E-state index is -0.329. The Labute approximate surface area is 98.1 Å². The molecule has 1 atom stereocenters. The molecular formula is C10H12ClN3O2. The maximum Gasteiger partial charge on any atom is 0.243 e. The van der Waals surface area contributed by atoms with Crippen molar-refractivity contribution in [2.75, 3.05) is 25.1 Å². The Morgan fingerprint density at radius 3 is 3.25 bits per heavy atom. The van der Waals surface area contributed by atoms with E-state index in [9.17, 15) is 4.79 Å². The zero-order valence-electron chi connectivity index (χ0n) is 8.57. The molecule has 5 nitrogen and oxygen atoms in total. The van der Waals surface area contributed by atoms with Crippen molar-refractivity contribution in [3.05, 3.63) is 23.5 Å². The first-order valence-electron chi connectivity index (χ1n) is 4.99. The zero-order chi connectivity index (χ0) is 11.4. The molecule has 1 unspecified atom stereocenters. The van der Waals surface area contributed by atoms with Crippen LogP contribution in [0, 0.1) is 0 Å². The van der Waals surface area contributed by atoms with Crippen molar-refractivity contribution in [3.8, 4) is 0 Å². The van der Waals surface area contributed by atoms with Gasteiger partial charge in [-0.3, -0.25) is 9.78 Å². The van der Waals surface area contributed by atoms with Crippen molar-refractivity contribution in [3.63, 3.8) is 0 Å². The van der Waals surface area contributed by atoms with Gasteiger partial charge in [-0.2, -0.15) is 0 Å². The summed E-state index contributed by atoms with van der Waals surface area (Å²) in [4.78, 5) is 15.7. The fourth-order valence-corrected chi connectivity index (χ4v) is 1.58. The second kappa shape index (κ2) is 5.25. The van der Waals surface area contributed by atoms with Crippen LogP contribution in [0.5, 0.6) is 0 Å². The van der Waals surface area contributed by atoms with Crippen LogP contribution in [0.25, 0.3) is 0 Å². The molecule has 1 aromatic rings. The Hall–Kier alpha value is -1.17. The Balaban J connectivity index is 1.99. The highest BCUT2D eigenvalue weighted by molar-refractivity contribution is 6.33. The fraction of sp³-hybridized carbons (Fsp3) is 0.400. The lowest BCUT2D eigenvalue weighted by atomic mass is 10.2. The Morgan fingerprint density at radius 2 is 2.56 bits per heavy atom. The summed E-state index contributed by atoms with van der Waals surface area (Å²) in [7, 11) is 0. The summed E-state index contributed by atoms with van der Waals surface area (Å²) in [5.41, 5.74) is 0.515. The van der Waals surface area contributed by atoms with Gasteiger partial charge in [0.05, 0.1) is 30.1 Å². The van der Waals surface area contributed by atoms with E-state index in [-0.39, 0.29) is 11.9 Å². The second-order valence-corrected chi connectivity index (χ2v) is 3.83. The number of nitrogens with one attached hydrogen (secondary N) is 2. The van der Waals surface area contributed by atoms with E-state index in [2.05, 4.69) is 15.6 Å². The standard InChI is InChI=1S/C10H12ClN3O2/c11-7-1-2-12-5-8(7)14-10(15)9-6-16-4-3-13-9/h1-2,5,9,13H,3-4,6H2,(H,14,15). The summed E-state index contributed by atoms with van der Waals surface area (Å²) in [6.07, 6.45) is 3.09. The van der Waals surface area contributed by atoms with Crippen LogP contribution in [0.1, 0.15) is 0 Å². The third kappa shape index (κ3) is 2.69. The van der Waals surface area contributed by atoms with Gasteiger partial charge in [0.1, 0.15) is 6.04 Å². The maximum atomic E-state index is 11.8. The molecule has 2 rings (SSSR count). The molecule has 1 fully saturated rings. The summed E-state index contributed by atoms with van der Waals surface area (Å²) in [6, 6.07) is 1.30. The highest BCUT2D eigenvalue weighted by Crippen LogP contribution is 2.19. The van der Waals surface area contributed by atoms with Crippen LogP contribution in [0.15, 0.2) is 18.5 Å². The Bertz CT molecular complexity index is 380. The Kier molecular flexibility index (Phi) is 3.71. The predicted molar refractivity (Wildman–Crippen MR) is 60.5 cm³/mol. The lowest BCUT2D eigenvalue weighted by molar-refractivity contribution is -0.120. The summed E-state index contributed by atoms with van der Waals surface area (Å²) >= 11 is 5.90. The van der Waals surface area contributed by atoms with E-state index >= 15 is 0 Å². The van der Waals surface area contributed by atoms with E-state index in [1.165, 1.54) is 6.20 Å². The molecule has 0 radical (unpaired) electrons. The molecule has 0 bridgehead atoms. The van der Waals surface area contributed by atoms with Gasteiger partial charge >= 0.3 is 0 Å². The molecule has 16 heavy (non-hydrogen) atoms. The predicted octanol–water partition coefficient (Wildman–Crippen LogP) is 0.662. The average molecular weight is 242 g/mol. The number of pyridine rings is 1. The summed E-state index contributed by atoms with van der Waals surface area (Å²) in [5, 5.41) is 6.23. The van der Waals surface area contributed by atoms with Gasteiger partial charge in [-0.25, -0.2) is 0 Å². The van der Waals surface area contributed by atoms with Gasteiger partial charge in [0.2, 0.25) is 5.91 Å². The number of morpholine rings is 1. The first-order chi connectivity index (χ1) is 7.77. The molecule has 6 heteroatoms. The number of anilines is 1. The number of halogens is 1. The molecule has 0 aliphatic carbocycles. The minimum absolute atomic E-state index is 0.158. The van der Waals surface area contributed by atoms with Gasteiger partial charge in [-0.15, -0.1) is 0 Å². The van der Waals surface area contributed by atoms with E-state index in [4.69, 9.17) is 16.3 Å². The summed E-state index contributed by atoms with van der Waals surface area (Å²) in [5.74, 6) is -0.158. The molecule has 2 N–H and O–H groups in total. The summed E-state index contributed by atoms with van der Waals surface area (Å²) in [6.45, 7) is 1.69. The second-order valence-electron chi connectivity index (χ2n) is 3.43. The van der Waals surface area contributed by atoms with E-state index in [0.29, 0.717) is 30.5 Å². The van der Waals surface area contributed by atoms with Crippen LogP contribution in [-0.4, -0.2) is 36.7 Å². The number of carbonyl (C=O) groups is 1. The average Bonchev–Trinajstić information content (AvgIpc) is 2.33. The van der Waals surface area contributed by atoms with E-state index in [1.807, 2.05) is 0 Å². The quantitative estimate of drug-likeness (QED) is 0.799. The number of amides is 1. The van der Waals surface area contributed by atoms with Crippen molar-refractivity contribution >= 4 is 23.2 Å². The molecule has 0 saturated carbocycles. The number of carbonyl (C=O) groups excluding carboxylic acids is 1. The molecule has 0 spiro atoms. The van der Waals surface area contributed by atoms with E-state index < -0.39 is 0 Å². The first kappa shape index (κ1) is 11.3.